The van der Waals surface area contributed by atoms with Crippen molar-refractivity contribution < 1.29 is 22.7 Å². The van der Waals surface area contributed by atoms with E-state index in [4.69, 9.17) is 10.5 Å². The molecule has 1 aromatic carbocycles. The lowest BCUT2D eigenvalue weighted by molar-refractivity contribution is 0.0880. The molecule has 0 radical (unpaired) electrons. The Morgan fingerprint density at radius 2 is 1.92 bits per heavy atom. The van der Waals surface area contributed by atoms with Gasteiger partial charge in [-0.05, 0) is 43.9 Å². The fourth-order valence-electron chi connectivity index (χ4n) is 4.35. The minimum absolute atomic E-state index is 0.0774. The minimum Gasteiger partial charge on any atom is -0.474 e. The lowest BCUT2D eigenvalue weighted by atomic mass is 9.93. The summed E-state index contributed by atoms with van der Waals surface area (Å²) < 4.78 is 31.4. The molecule has 1 aliphatic carbocycles. The Bertz CT molecular complexity index is 1640. The van der Waals surface area contributed by atoms with Crippen molar-refractivity contribution in [1.29, 1.82) is 0 Å². The van der Waals surface area contributed by atoms with E-state index in [-0.39, 0.29) is 39.4 Å². The van der Waals surface area contributed by atoms with Crippen LogP contribution >= 0.6 is 11.3 Å². The van der Waals surface area contributed by atoms with Crippen LogP contribution in [0.15, 0.2) is 41.4 Å². The van der Waals surface area contributed by atoms with Gasteiger partial charge in [0, 0.05) is 30.3 Å². The number of aromatic nitrogens is 5. The summed E-state index contributed by atoms with van der Waals surface area (Å²) in [4.78, 5) is 29.4. The number of carbonyl (C=O) groups excluding carboxylic acids is 2. The molecular formula is C24H25N7O5S2. The van der Waals surface area contributed by atoms with Gasteiger partial charge in [-0.1, -0.05) is 23.5 Å². The second-order valence-electron chi connectivity index (χ2n) is 9.16. The van der Waals surface area contributed by atoms with Crippen molar-refractivity contribution in [2.75, 3.05) is 6.26 Å². The summed E-state index contributed by atoms with van der Waals surface area (Å²) in [6.45, 7) is 0. The molecule has 1 aliphatic rings. The highest BCUT2D eigenvalue weighted by Gasteiger charge is 2.27. The number of primary amides is 1. The second-order valence-corrected chi connectivity index (χ2v) is 12.2. The molecule has 2 amide bonds. The fourth-order valence-corrected chi connectivity index (χ4v) is 5.76. The van der Waals surface area contributed by atoms with Gasteiger partial charge in [-0.2, -0.15) is 10.1 Å². The maximum absolute atomic E-state index is 12.8. The Morgan fingerprint density at radius 3 is 2.63 bits per heavy atom. The Balaban J connectivity index is 1.20. The maximum Gasteiger partial charge on any atom is 0.282 e. The number of nitrogens with zero attached hydrogens (tertiary/aromatic N) is 5. The van der Waals surface area contributed by atoms with Gasteiger partial charge in [0.2, 0.25) is 10.9 Å². The highest BCUT2D eigenvalue weighted by molar-refractivity contribution is 7.90. The molecule has 1 saturated carbocycles. The van der Waals surface area contributed by atoms with Crippen LogP contribution < -0.4 is 15.8 Å². The highest BCUT2D eigenvalue weighted by atomic mass is 32.2. The molecule has 3 heterocycles. The number of nitrogens with two attached hydrogens (primary N) is 1. The first-order valence-corrected chi connectivity index (χ1v) is 14.5. The average molecular weight is 556 g/mol. The first kappa shape index (κ1) is 25.7. The van der Waals surface area contributed by atoms with Crippen molar-refractivity contribution in [3.05, 3.63) is 47.1 Å². The number of rotatable bonds is 7. The molecule has 14 heteroatoms. The van der Waals surface area contributed by atoms with Crippen LogP contribution in [0.5, 0.6) is 5.88 Å². The van der Waals surface area contributed by atoms with E-state index in [0.717, 1.165) is 17.6 Å². The molecule has 3 aromatic heterocycles. The SMILES string of the molecule is Cn1ncc2cc(C(N)=O)c(OC3CCC(NC(=O)c4nnc(-c5cccc(S(C)(=O)=O)c5)s4)CC3)nc21. The normalized spacial score (nSPS) is 17.8. The molecule has 5 rings (SSSR count). The molecule has 198 valence electrons. The number of fused-ring (bicyclic) bond motifs is 1. The number of carbonyl (C=O) groups is 2. The van der Waals surface area contributed by atoms with Crippen LogP contribution in [0.25, 0.3) is 21.6 Å². The van der Waals surface area contributed by atoms with E-state index in [1.54, 1.807) is 36.1 Å². The topological polar surface area (TPSA) is 172 Å². The number of benzene rings is 1. The van der Waals surface area contributed by atoms with Gasteiger partial charge >= 0.3 is 0 Å². The minimum atomic E-state index is -3.37. The van der Waals surface area contributed by atoms with E-state index in [1.165, 1.54) is 12.1 Å². The summed E-state index contributed by atoms with van der Waals surface area (Å²) in [5, 5.41) is 16.6. The van der Waals surface area contributed by atoms with E-state index < -0.39 is 15.7 Å². The van der Waals surface area contributed by atoms with Gasteiger partial charge in [0.15, 0.2) is 15.5 Å². The van der Waals surface area contributed by atoms with E-state index in [2.05, 4.69) is 25.6 Å². The zero-order valence-electron chi connectivity index (χ0n) is 20.6. The molecule has 0 aliphatic heterocycles. The van der Waals surface area contributed by atoms with Gasteiger partial charge in [-0.15, -0.1) is 10.2 Å². The quantitative estimate of drug-likeness (QED) is 0.346. The maximum atomic E-state index is 12.8. The van der Waals surface area contributed by atoms with Crippen molar-refractivity contribution in [1.82, 2.24) is 30.3 Å². The van der Waals surface area contributed by atoms with Crippen LogP contribution in [-0.4, -0.2) is 63.6 Å². The second kappa shape index (κ2) is 10.1. The van der Waals surface area contributed by atoms with Crippen LogP contribution in [0.1, 0.15) is 45.8 Å². The van der Waals surface area contributed by atoms with Gasteiger partial charge in [-0.25, -0.2) is 8.42 Å². The molecule has 3 N–H and O–H groups in total. The van der Waals surface area contributed by atoms with Crippen molar-refractivity contribution in [2.45, 2.75) is 42.7 Å². The predicted octanol–water partition coefficient (Wildman–Crippen LogP) is 2.11. The van der Waals surface area contributed by atoms with Gasteiger partial charge in [0.05, 0.1) is 11.1 Å². The van der Waals surface area contributed by atoms with E-state index >= 15 is 0 Å². The number of ether oxygens (including phenoxy) is 1. The van der Waals surface area contributed by atoms with Crippen LogP contribution in [0.3, 0.4) is 0 Å². The van der Waals surface area contributed by atoms with Gasteiger partial charge < -0.3 is 15.8 Å². The molecule has 0 bridgehead atoms. The number of sulfone groups is 1. The number of pyridine rings is 1. The molecular weight excluding hydrogens is 530 g/mol. The van der Waals surface area contributed by atoms with Crippen molar-refractivity contribution in [3.63, 3.8) is 0 Å². The Morgan fingerprint density at radius 1 is 1.16 bits per heavy atom. The van der Waals surface area contributed by atoms with Crippen LogP contribution in [-0.2, 0) is 16.9 Å². The predicted molar refractivity (Wildman–Crippen MR) is 140 cm³/mol. The van der Waals surface area contributed by atoms with Crippen LogP contribution in [0.4, 0.5) is 0 Å². The summed E-state index contributed by atoms with van der Waals surface area (Å²) in [5.41, 5.74) is 6.92. The Labute approximate surface area is 222 Å². The van der Waals surface area contributed by atoms with Gasteiger partial charge in [0.1, 0.15) is 16.7 Å². The van der Waals surface area contributed by atoms with Crippen molar-refractivity contribution >= 4 is 44.0 Å². The third-order valence-electron chi connectivity index (χ3n) is 6.35. The number of aryl methyl sites for hydroxylation is 1. The lowest BCUT2D eigenvalue weighted by Crippen LogP contribution is -2.39. The lowest BCUT2D eigenvalue weighted by Gasteiger charge is -2.29. The standard InChI is InChI=1S/C24H25N7O5S2/c1-31-20-14(12-26-31)11-18(19(25)32)22(28-20)36-16-8-6-15(7-9-16)27-21(33)24-30-29-23(37-24)13-4-3-5-17(10-13)38(2,34)35/h3-5,10-12,15-16H,6-9H2,1-2H3,(H2,25,32)(H,27,33). The molecule has 0 spiro atoms. The van der Waals surface area contributed by atoms with Crippen LogP contribution in [0.2, 0.25) is 0 Å². The summed E-state index contributed by atoms with van der Waals surface area (Å²) in [7, 11) is -1.61. The first-order valence-electron chi connectivity index (χ1n) is 11.8. The summed E-state index contributed by atoms with van der Waals surface area (Å²) in [6.07, 6.45) is 5.19. The average Bonchev–Trinajstić information content (AvgIpc) is 3.52. The van der Waals surface area contributed by atoms with Crippen molar-refractivity contribution in [3.8, 4) is 16.5 Å². The number of hydrogen-bond acceptors (Lipinski definition) is 10. The summed E-state index contributed by atoms with van der Waals surface area (Å²) in [6, 6.07) is 7.93. The number of nitrogens with one attached hydrogen (secondary N) is 1. The molecule has 0 unspecified atom stereocenters. The Hall–Kier alpha value is -3.91. The highest BCUT2D eigenvalue weighted by Crippen LogP contribution is 2.29. The monoisotopic (exact) mass is 555 g/mol. The molecule has 38 heavy (non-hydrogen) atoms. The summed E-state index contributed by atoms with van der Waals surface area (Å²) in [5.74, 6) is -0.780. The van der Waals surface area contributed by atoms with E-state index in [0.29, 0.717) is 47.3 Å². The number of amides is 2. The third kappa shape index (κ3) is 5.36. The summed E-state index contributed by atoms with van der Waals surface area (Å²) >= 11 is 1.10. The third-order valence-corrected chi connectivity index (χ3v) is 8.44. The molecule has 4 aromatic rings. The molecule has 0 saturated heterocycles. The smallest absolute Gasteiger partial charge is 0.282 e. The van der Waals surface area contributed by atoms with Gasteiger partial charge in [0.25, 0.3) is 11.8 Å². The first-order chi connectivity index (χ1) is 18.1. The largest absolute Gasteiger partial charge is 0.474 e. The van der Waals surface area contributed by atoms with E-state index in [1.807, 2.05) is 0 Å². The number of hydrogen-bond donors (Lipinski definition) is 2. The fraction of sp³-hybridized carbons (Fsp3) is 0.333. The Kier molecular flexibility index (Phi) is 6.84. The van der Waals surface area contributed by atoms with Crippen LogP contribution in [0, 0.1) is 0 Å². The van der Waals surface area contributed by atoms with Crippen molar-refractivity contribution in [2.24, 2.45) is 12.8 Å². The van der Waals surface area contributed by atoms with E-state index in [9.17, 15) is 18.0 Å². The molecule has 12 nitrogen and oxygen atoms in total. The molecule has 1 fully saturated rings. The zero-order chi connectivity index (χ0) is 27.0. The zero-order valence-corrected chi connectivity index (χ0v) is 22.3. The molecule has 0 atom stereocenters. The van der Waals surface area contributed by atoms with Gasteiger partial charge in [-0.3, -0.25) is 14.3 Å².